The maximum atomic E-state index is 12.5. The molecule has 0 aromatic carbocycles. The number of hydrogen-bond donors (Lipinski definition) is 2. The first kappa shape index (κ1) is 18.7. The van der Waals surface area contributed by atoms with E-state index in [1.165, 1.54) is 49.9 Å². The van der Waals surface area contributed by atoms with Crippen LogP contribution in [0.15, 0.2) is 24.4 Å². The van der Waals surface area contributed by atoms with Crippen molar-refractivity contribution in [1.29, 1.82) is 0 Å². The van der Waals surface area contributed by atoms with E-state index >= 15 is 0 Å². The van der Waals surface area contributed by atoms with Gasteiger partial charge in [-0.2, -0.15) is 0 Å². The van der Waals surface area contributed by atoms with E-state index in [1.807, 2.05) is 18.2 Å². The Morgan fingerprint density at radius 3 is 2.41 bits per heavy atom. The Morgan fingerprint density at radius 2 is 1.76 bits per heavy atom. The SMILES string of the molecule is O=C(CC12CC3CC(CC(C3)C1)C2)NCC(=O)Nc1nnc(-c2ccccn2)s1. The predicted molar refractivity (Wildman–Crippen MR) is 110 cm³/mol. The molecular formula is C21H25N5O2S. The molecule has 4 saturated carbocycles. The molecule has 29 heavy (non-hydrogen) atoms. The van der Waals surface area contributed by atoms with Crippen molar-refractivity contribution in [1.82, 2.24) is 20.5 Å². The zero-order valence-corrected chi connectivity index (χ0v) is 17.1. The van der Waals surface area contributed by atoms with Crippen molar-refractivity contribution >= 4 is 28.3 Å². The van der Waals surface area contributed by atoms with Crippen LogP contribution in [0.1, 0.15) is 44.9 Å². The molecule has 2 aromatic rings. The Morgan fingerprint density at radius 1 is 1.03 bits per heavy atom. The monoisotopic (exact) mass is 411 g/mol. The summed E-state index contributed by atoms with van der Waals surface area (Å²) < 4.78 is 0. The number of rotatable bonds is 6. The second-order valence-corrected chi connectivity index (χ2v) is 10.0. The largest absolute Gasteiger partial charge is 0.347 e. The second-order valence-electron chi connectivity index (χ2n) is 9.05. The summed E-state index contributed by atoms with van der Waals surface area (Å²) in [7, 11) is 0. The van der Waals surface area contributed by atoms with Gasteiger partial charge in [-0.3, -0.25) is 19.9 Å². The topological polar surface area (TPSA) is 96.9 Å². The summed E-state index contributed by atoms with van der Waals surface area (Å²) in [6.07, 6.45) is 9.93. The number of nitrogens with one attached hydrogen (secondary N) is 2. The molecule has 0 saturated heterocycles. The van der Waals surface area contributed by atoms with Gasteiger partial charge in [0, 0.05) is 12.6 Å². The third-order valence-electron chi connectivity index (χ3n) is 6.70. The predicted octanol–water partition coefficient (Wildman–Crippen LogP) is 3.26. The summed E-state index contributed by atoms with van der Waals surface area (Å²) in [5.41, 5.74) is 0.904. The Hall–Kier alpha value is -2.35. The highest BCUT2D eigenvalue weighted by Crippen LogP contribution is 2.61. The van der Waals surface area contributed by atoms with Crippen molar-refractivity contribution in [3.63, 3.8) is 0 Å². The molecule has 2 amide bonds. The lowest BCUT2D eigenvalue weighted by Gasteiger charge is -2.56. The standard InChI is InChI=1S/C21H25N5O2S/c27-17(11-21-8-13-5-14(9-21)7-15(6-13)10-21)23-12-18(28)24-20-26-25-19(29-20)16-3-1-2-4-22-16/h1-4,13-15H,5-12H2,(H,23,27)(H,24,26,28). The van der Waals surface area contributed by atoms with Gasteiger partial charge in [-0.05, 0) is 73.8 Å². The molecule has 4 bridgehead atoms. The number of carbonyl (C=O) groups excluding carboxylic acids is 2. The highest BCUT2D eigenvalue weighted by atomic mass is 32.1. The smallest absolute Gasteiger partial charge is 0.245 e. The fraction of sp³-hybridized carbons (Fsp3) is 0.571. The van der Waals surface area contributed by atoms with E-state index in [1.54, 1.807) is 6.20 Å². The van der Waals surface area contributed by atoms with E-state index in [2.05, 4.69) is 25.8 Å². The van der Waals surface area contributed by atoms with Gasteiger partial charge in [0.1, 0.15) is 5.69 Å². The van der Waals surface area contributed by atoms with Crippen LogP contribution >= 0.6 is 11.3 Å². The van der Waals surface area contributed by atoms with E-state index in [4.69, 9.17) is 0 Å². The summed E-state index contributed by atoms with van der Waals surface area (Å²) in [5.74, 6) is 2.18. The van der Waals surface area contributed by atoms with Gasteiger partial charge in [0.2, 0.25) is 16.9 Å². The summed E-state index contributed by atoms with van der Waals surface area (Å²) >= 11 is 1.26. The molecule has 0 spiro atoms. The van der Waals surface area contributed by atoms with Crippen LogP contribution in [0.4, 0.5) is 5.13 Å². The third kappa shape index (κ3) is 4.03. The molecule has 2 aromatic heterocycles. The first-order chi connectivity index (χ1) is 14.1. The molecule has 4 fully saturated rings. The molecule has 4 aliphatic rings. The van der Waals surface area contributed by atoms with E-state index in [0.717, 1.165) is 23.4 Å². The molecular weight excluding hydrogens is 386 g/mol. The first-order valence-electron chi connectivity index (χ1n) is 10.4. The van der Waals surface area contributed by atoms with Gasteiger partial charge in [-0.25, -0.2) is 0 Å². The van der Waals surface area contributed by atoms with Gasteiger partial charge in [0.15, 0.2) is 5.01 Å². The summed E-state index contributed by atoms with van der Waals surface area (Å²) in [4.78, 5) is 29.0. The van der Waals surface area contributed by atoms with Crippen LogP contribution in [-0.2, 0) is 9.59 Å². The van der Waals surface area contributed by atoms with Gasteiger partial charge >= 0.3 is 0 Å². The molecule has 2 N–H and O–H groups in total. The number of anilines is 1. The van der Waals surface area contributed by atoms with Crippen molar-refractivity contribution in [2.45, 2.75) is 44.9 Å². The van der Waals surface area contributed by atoms with Crippen LogP contribution in [-0.4, -0.2) is 33.5 Å². The lowest BCUT2D eigenvalue weighted by molar-refractivity contribution is -0.131. The molecule has 0 atom stereocenters. The van der Waals surface area contributed by atoms with E-state index in [0.29, 0.717) is 16.6 Å². The Labute approximate surface area is 173 Å². The van der Waals surface area contributed by atoms with Crippen LogP contribution in [0.2, 0.25) is 0 Å². The van der Waals surface area contributed by atoms with Gasteiger partial charge in [0.05, 0.1) is 6.54 Å². The third-order valence-corrected chi connectivity index (χ3v) is 7.56. The van der Waals surface area contributed by atoms with Crippen molar-refractivity contribution in [2.75, 3.05) is 11.9 Å². The summed E-state index contributed by atoms with van der Waals surface area (Å²) in [5, 5.41) is 14.6. The van der Waals surface area contributed by atoms with Crippen LogP contribution in [0.3, 0.4) is 0 Å². The zero-order valence-electron chi connectivity index (χ0n) is 16.3. The van der Waals surface area contributed by atoms with Crippen LogP contribution < -0.4 is 10.6 Å². The van der Waals surface area contributed by atoms with Crippen LogP contribution in [0, 0.1) is 23.2 Å². The summed E-state index contributed by atoms with van der Waals surface area (Å²) in [6.45, 7) is -0.0380. The number of aromatic nitrogens is 3. The van der Waals surface area contributed by atoms with Gasteiger partial charge in [0.25, 0.3) is 0 Å². The molecule has 152 valence electrons. The van der Waals surface area contributed by atoms with Gasteiger partial charge < -0.3 is 5.32 Å². The zero-order chi connectivity index (χ0) is 19.8. The lowest BCUT2D eigenvalue weighted by Crippen LogP contribution is -2.48. The van der Waals surface area contributed by atoms with Crippen molar-refractivity contribution in [3.8, 4) is 10.7 Å². The number of hydrogen-bond acceptors (Lipinski definition) is 6. The number of pyridine rings is 1. The molecule has 0 radical (unpaired) electrons. The van der Waals surface area contributed by atoms with Crippen molar-refractivity contribution < 1.29 is 9.59 Å². The molecule has 0 aliphatic heterocycles. The molecule has 6 rings (SSSR count). The minimum atomic E-state index is -0.285. The average molecular weight is 412 g/mol. The van der Waals surface area contributed by atoms with Crippen molar-refractivity contribution in [2.24, 2.45) is 23.2 Å². The van der Waals surface area contributed by atoms with E-state index in [-0.39, 0.29) is 23.8 Å². The van der Waals surface area contributed by atoms with E-state index in [9.17, 15) is 9.59 Å². The number of carbonyl (C=O) groups is 2. The molecule has 2 heterocycles. The maximum absolute atomic E-state index is 12.5. The average Bonchev–Trinajstić information content (AvgIpc) is 3.14. The maximum Gasteiger partial charge on any atom is 0.245 e. The van der Waals surface area contributed by atoms with Crippen LogP contribution in [0.25, 0.3) is 10.7 Å². The van der Waals surface area contributed by atoms with Gasteiger partial charge in [-0.1, -0.05) is 17.4 Å². The van der Waals surface area contributed by atoms with Crippen LogP contribution in [0.5, 0.6) is 0 Å². The minimum Gasteiger partial charge on any atom is -0.347 e. The Bertz CT molecular complexity index is 878. The molecule has 8 heteroatoms. The first-order valence-corrected chi connectivity index (χ1v) is 11.2. The fourth-order valence-corrected chi connectivity index (χ4v) is 6.86. The molecule has 7 nitrogen and oxygen atoms in total. The lowest BCUT2D eigenvalue weighted by atomic mass is 9.49. The molecule has 4 aliphatic carbocycles. The van der Waals surface area contributed by atoms with E-state index < -0.39 is 0 Å². The quantitative estimate of drug-likeness (QED) is 0.760. The summed E-state index contributed by atoms with van der Waals surface area (Å²) in [6, 6.07) is 5.55. The second kappa shape index (κ2) is 7.48. The number of nitrogens with zero attached hydrogens (tertiary/aromatic N) is 3. The Balaban J connectivity index is 1.12. The minimum absolute atomic E-state index is 0.00598. The highest BCUT2D eigenvalue weighted by Gasteiger charge is 2.51. The highest BCUT2D eigenvalue weighted by molar-refractivity contribution is 7.18. The van der Waals surface area contributed by atoms with Crippen molar-refractivity contribution in [3.05, 3.63) is 24.4 Å². The normalized spacial score (nSPS) is 29.6. The fourth-order valence-electron chi connectivity index (χ4n) is 6.12. The molecule has 0 unspecified atom stereocenters. The Kier molecular flexibility index (Phi) is 4.81. The number of amides is 2. The van der Waals surface area contributed by atoms with Gasteiger partial charge in [-0.15, -0.1) is 10.2 Å².